The first-order valence-corrected chi connectivity index (χ1v) is 11.8. The van der Waals surface area contributed by atoms with Gasteiger partial charge < -0.3 is 25.9 Å². The molecule has 0 fully saturated rings. The molecule has 2 heterocycles. The number of hydrogen-bond acceptors (Lipinski definition) is 6. The van der Waals surface area contributed by atoms with Gasteiger partial charge in [0.25, 0.3) is 0 Å². The molecule has 0 saturated carbocycles. The summed E-state index contributed by atoms with van der Waals surface area (Å²) in [6, 6.07) is 25.0. The Morgan fingerprint density at radius 2 is 1.65 bits per heavy atom. The van der Waals surface area contributed by atoms with Gasteiger partial charge in [0, 0.05) is 23.7 Å². The van der Waals surface area contributed by atoms with Crippen molar-refractivity contribution in [2.24, 2.45) is 5.73 Å². The van der Waals surface area contributed by atoms with Crippen molar-refractivity contribution in [1.29, 1.82) is 0 Å². The van der Waals surface area contributed by atoms with Crippen molar-refractivity contribution >= 4 is 23.0 Å². The highest BCUT2D eigenvalue weighted by Crippen LogP contribution is 2.29. The second kappa shape index (κ2) is 10.1. The van der Waals surface area contributed by atoms with Crippen molar-refractivity contribution in [2.45, 2.75) is 19.0 Å². The second-order valence-corrected chi connectivity index (χ2v) is 8.89. The molecule has 3 aromatic carbocycles. The molecule has 0 bridgehead atoms. The third-order valence-corrected chi connectivity index (χ3v) is 6.35. The number of fused-ring (bicyclic) bond motifs is 1. The van der Waals surface area contributed by atoms with Crippen LogP contribution in [0.15, 0.2) is 85.1 Å². The maximum Gasteiger partial charge on any atom is 0.320 e. The number of aliphatic carboxylic acids is 1. The fourth-order valence-corrected chi connectivity index (χ4v) is 4.37. The van der Waals surface area contributed by atoms with E-state index >= 15 is 0 Å². The van der Waals surface area contributed by atoms with Gasteiger partial charge in [-0.05, 0) is 46.9 Å². The van der Waals surface area contributed by atoms with Crippen LogP contribution in [0, 0.1) is 0 Å². The van der Waals surface area contributed by atoms with E-state index in [9.17, 15) is 4.79 Å². The van der Waals surface area contributed by atoms with Crippen LogP contribution in [0.5, 0.6) is 5.75 Å². The Morgan fingerprint density at radius 1 is 0.946 bits per heavy atom. The lowest BCUT2D eigenvalue weighted by Gasteiger charge is -2.10. The molecule has 5 N–H and O–H groups in total. The molecule has 0 aliphatic rings. The van der Waals surface area contributed by atoms with Crippen LogP contribution in [0.4, 0.5) is 5.95 Å². The van der Waals surface area contributed by atoms with E-state index in [4.69, 9.17) is 21.3 Å². The number of anilines is 1. The zero-order valence-electron chi connectivity index (χ0n) is 20.3. The highest BCUT2D eigenvalue weighted by Gasteiger charge is 2.15. The Balaban J connectivity index is 1.40. The Kier molecular flexibility index (Phi) is 6.57. The number of carboxylic acid groups (broad SMARTS) is 1. The Bertz CT molecular complexity index is 1560. The van der Waals surface area contributed by atoms with Gasteiger partial charge in [0.05, 0.1) is 12.8 Å². The summed E-state index contributed by atoms with van der Waals surface area (Å²) in [5.74, 6) is -0.00891. The Hall–Kier alpha value is -4.69. The van der Waals surface area contributed by atoms with Crippen LogP contribution >= 0.6 is 0 Å². The first-order chi connectivity index (χ1) is 17.9. The number of carboxylic acids is 1. The van der Waals surface area contributed by atoms with E-state index in [2.05, 4.69) is 44.9 Å². The summed E-state index contributed by atoms with van der Waals surface area (Å²) in [5, 5.41) is 9.94. The third-order valence-electron chi connectivity index (χ3n) is 6.35. The molecule has 0 saturated heterocycles. The van der Waals surface area contributed by atoms with Crippen molar-refractivity contribution in [3.05, 3.63) is 96.2 Å². The number of benzene rings is 3. The van der Waals surface area contributed by atoms with Gasteiger partial charge in [0.1, 0.15) is 17.4 Å². The molecule has 5 rings (SSSR count). The van der Waals surface area contributed by atoms with Gasteiger partial charge in [-0.3, -0.25) is 4.79 Å². The minimum Gasteiger partial charge on any atom is -0.497 e. The SMILES string of the molecule is COc1cccc(-c2ccc(Cn3ccc4c(-c5ccc(C[C@H](N)C(=O)O)cc5)nc(N)nc43)cc2)c1. The van der Waals surface area contributed by atoms with Crippen LogP contribution in [0.1, 0.15) is 11.1 Å². The van der Waals surface area contributed by atoms with Crippen LogP contribution < -0.4 is 16.2 Å². The molecule has 0 aliphatic heterocycles. The van der Waals surface area contributed by atoms with Crippen molar-refractivity contribution in [1.82, 2.24) is 14.5 Å². The van der Waals surface area contributed by atoms with Gasteiger partial charge in [0.15, 0.2) is 0 Å². The molecule has 186 valence electrons. The van der Waals surface area contributed by atoms with Crippen LogP contribution in [-0.2, 0) is 17.8 Å². The van der Waals surface area contributed by atoms with Crippen LogP contribution in [-0.4, -0.2) is 38.8 Å². The van der Waals surface area contributed by atoms with Gasteiger partial charge in [-0.25, -0.2) is 4.98 Å². The summed E-state index contributed by atoms with van der Waals surface area (Å²) in [6.45, 7) is 0.629. The fraction of sp³-hybridized carbons (Fsp3) is 0.138. The summed E-state index contributed by atoms with van der Waals surface area (Å²) < 4.78 is 7.39. The maximum atomic E-state index is 11.1. The number of ether oxygens (including phenoxy) is 1. The van der Waals surface area contributed by atoms with E-state index < -0.39 is 12.0 Å². The highest BCUT2D eigenvalue weighted by molar-refractivity contribution is 5.92. The first kappa shape index (κ1) is 24.0. The molecule has 0 spiro atoms. The number of aromatic nitrogens is 3. The van der Waals surface area contributed by atoms with E-state index in [0.29, 0.717) is 6.54 Å². The van der Waals surface area contributed by atoms with Crippen molar-refractivity contribution in [2.75, 3.05) is 12.8 Å². The van der Waals surface area contributed by atoms with Gasteiger partial charge in [0.2, 0.25) is 5.95 Å². The molecular weight excluding hydrogens is 466 g/mol. The van der Waals surface area contributed by atoms with Gasteiger partial charge in [-0.2, -0.15) is 4.98 Å². The zero-order chi connectivity index (χ0) is 25.9. The molecule has 0 amide bonds. The smallest absolute Gasteiger partial charge is 0.320 e. The quantitative estimate of drug-likeness (QED) is 0.293. The van der Waals surface area contributed by atoms with E-state index in [1.54, 1.807) is 7.11 Å². The monoisotopic (exact) mass is 493 g/mol. The lowest BCUT2D eigenvalue weighted by Crippen LogP contribution is -2.32. The summed E-state index contributed by atoms with van der Waals surface area (Å²) in [5.41, 5.74) is 18.3. The molecule has 0 unspecified atom stereocenters. The van der Waals surface area contributed by atoms with E-state index in [0.717, 1.165) is 50.3 Å². The van der Waals surface area contributed by atoms with Crippen LogP contribution in [0.3, 0.4) is 0 Å². The van der Waals surface area contributed by atoms with Crippen molar-refractivity contribution in [3.8, 4) is 28.1 Å². The Labute approximate surface area is 214 Å². The zero-order valence-corrected chi connectivity index (χ0v) is 20.3. The average Bonchev–Trinajstić information content (AvgIpc) is 3.31. The van der Waals surface area contributed by atoms with Gasteiger partial charge in [-0.1, -0.05) is 60.7 Å². The number of nitrogens with zero attached hydrogens (tertiary/aromatic N) is 3. The fourth-order valence-electron chi connectivity index (χ4n) is 4.37. The minimum atomic E-state index is -1.02. The standard InChI is InChI=1S/C29H27N5O3/c1-37-23-4-2-3-22(16-23)20-9-7-19(8-10-20)17-34-14-13-24-26(32-29(31)33-27(24)34)21-11-5-18(6-12-21)15-25(30)28(35)36/h2-14,16,25H,15,17,30H2,1H3,(H,35,36)(H2,31,32,33)/t25-/m0/s1. The van der Waals surface area contributed by atoms with Crippen LogP contribution in [0.2, 0.25) is 0 Å². The summed E-state index contributed by atoms with van der Waals surface area (Å²) in [4.78, 5) is 20.1. The predicted molar refractivity (Wildman–Crippen MR) is 144 cm³/mol. The molecule has 0 radical (unpaired) electrons. The Morgan fingerprint density at radius 3 is 2.35 bits per heavy atom. The summed E-state index contributed by atoms with van der Waals surface area (Å²) in [7, 11) is 1.67. The molecule has 2 aromatic heterocycles. The predicted octanol–water partition coefficient (Wildman–Crippen LogP) is 4.36. The molecule has 8 heteroatoms. The number of nitrogens with two attached hydrogens (primary N) is 2. The summed E-state index contributed by atoms with van der Waals surface area (Å²) >= 11 is 0. The molecular formula is C29H27N5O3. The van der Waals surface area contributed by atoms with Crippen LogP contribution in [0.25, 0.3) is 33.4 Å². The number of carbonyl (C=O) groups is 1. The molecule has 8 nitrogen and oxygen atoms in total. The molecule has 37 heavy (non-hydrogen) atoms. The largest absolute Gasteiger partial charge is 0.497 e. The third kappa shape index (κ3) is 5.14. The first-order valence-electron chi connectivity index (χ1n) is 11.8. The number of nitrogen functional groups attached to an aromatic ring is 1. The van der Waals surface area contributed by atoms with E-state index in [1.807, 2.05) is 54.7 Å². The molecule has 0 aliphatic carbocycles. The number of rotatable bonds is 8. The summed E-state index contributed by atoms with van der Waals surface area (Å²) in [6.07, 6.45) is 2.24. The van der Waals surface area contributed by atoms with Gasteiger partial charge in [-0.15, -0.1) is 0 Å². The van der Waals surface area contributed by atoms with Crippen molar-refractivity contribution in [3.63, 3.8) is 0 Å². The lowest BCUT2D eigenvalue weighted by molar-refractivity contribution is -0.138. The average molecular weight is 494 g/mol. The van der Waals surface area contributed by atoms with Gasteiger partial charge >= 0.3 is 5.97 Å². The number of hydrogen-bond donors (Lipinski definition) is 3. The van der Waals surface area contributed by atoms with E-state index in [-0.39, 0.29) is 12.4 Å². The lowest BCUT2D eigenvalue weighted by atomic mass is 10.0. The number of methoxy groups -OCH3 is 1. The van der Waals surface area contributed by atoms with Crippen molar-refractivity contribution < 1.29 is 14.6 Å². The topological polar surface area (TPSA) is 129 Å². The second-order valence-electron chi connectivity index (χ2n) is 8.89. The molecule has 5 aromatic rings. The normalized spacial score (nSPS) is 11.9. The molecule has 1 atom stereocenters. The highest BCUT2D eigenvalue weighted by atomic mass is 16.5. The van der Waals surface area contributed by atoms with E-state index in [1.165, 1.54) is 0 Å². The minimum absolute atomic E-state index is 0.188. The maximum absolute atomic E-state index is 11.1.